The molecule has 0 saturated carbocycles. The lowest BCUT2D eigenvalue weighted by atomic mass is 9.77. The van der Waals surface area contributed by atoms with E-state index in [-0.39, 0.29) is 11.8 Å². The molecule has 0 saturated heterocycles. The molecule has 2 atom stereocenters. The summed E-state index contributed by atoms with van der Waals surface area (Å²) in [6, 6.07) is 16.8. The van der Waals surface area contributed by atoms with Crippen LogP contribution in [0.3, 0.4) is 0 Å². The van der Waals surface area contributed by atoms with Crippen molar-refractivity contribution in [3.8, 4) is 0 Å². The van der Waals surface area contributed by atoms with E-state index in [1.54, 1.807) is 12.1 Å². The van der Waals surface area contributed by atoms with Gasteiger partial charge in [-0.25, -0.2) is 5.43 Å². The summed E-state index contributed by atoms with van der Waals surface area (Å²) in [6.45, 7) is 8.08. The highest BCUT2D eigenvalue weighted by atomic mass is 35.5. The minimum absolute atomic E-state index is 0.0970. The number of nitrogens with one attached hydrogen (secondary N) is 2. The van der Waals surface area contributed by atoms with E-state index in [1.807, 2.05) is 48.5 Å². The third-order valence-corrected chi connectivity index (χ3v) is 4.73. The van der Waals surface area contributed by atoms with E-state index in [1.165, 1.54) is 0 Å². The summed E-state index contributed by atoms with van der Waals surface area (Å²) in [5.41, 5.74) is 7.30. The number of rotatable bonds is 7. The SMILES string of the molecule is C=C[C@@H](C)[C@](CC)(NNC(=O)c1ccccc1)c1ccc(Cl)cc1. The average Bonchev–Trinajstić information content (AvgIpc) is 2.63. The molecule has 0 unspecified atom stereocenters. The summed E-state index contributed by atoms with van der Waals surface area (Å²) in [6.07, 6.45) is 2.66. The molecule has 126 valence electrons. The van der Waals surface area contributed by atoms with Crippen molar-refractivity contribution in [1.29, 1.82) is 0 Å². The minimum atomic E-state index is -0.462. The van der Waals surface area contributed by atoms with E-state index in [2.05, 4.69) is 31.3 Å². The lowest BCUT2D eigenvalue weighted by Crippen LogP contribution is -2.55. The fraction of sp³-hybridized carbons (Fsp3) is 0.250. The summed E-state index contributed by atoms with van der Waals surface area (Å²) in [4.78, 5) is 12.4. The topological polar surface area (TPSA) is 41.1 Å². The van der Waals surface area contributed by atoms with Crippen LogP contribution in [0.1, 0.15) is 36.2 Å². The Morgan fingerprint density at radius 2 is 1.83 bits per heavy atom. The number of amides is 1. The molecule has 2 N–H and O–H groups in total. The Balaban J connectivity index is 2.28. The number of hydrogen-bond acceptors (Lipinski definition) is 2. The van der Waals surface area contributed by atoms with Crippen molar-refractivity contribution in [2.24, 2.45) is 5.92 Å². The molecule has 0 bridgehead atoms. The smallest absolute Gasteiger partial charge is 0.265 e. The Bertz CT molecular complexity index is 685. The first-order chi connectivity index (χ1) is 11.5. The molecule has 2 aromatic carbocycles. The molecule has 4 heteroatoms. The Labute approximate surface area is 148 Å². The van der Waals surface area contributed by atoms with Crippen LogP contribution in [-0.2, 0) is 5.54 Å². The molecule has 0 fully saturated rings. The predicted octanol–water partition coefficient (Wildman–Crippen LogP) is 4.70. The highest BCUT2D eigenvalue weighted by Crippen LogP contribution is 2.34. The standard InChI is InChI=1S/C20H23ClN2O/c1-4-15(3)20(5-2,17-11-13-18(21)14-12-17)23-22-19(24)16-9-7-6-8-10-16/h4,6-15,23H,1,5H2,2-3H3,(H,22,24)/t15-,20+/m1/s1. The zero-order valence-corrected chi connectivity index (χ0v) is 14.8. The Morgan fingerprint density at radius 1 is 1.21 bits per heavy atom. The van der Waals surface area contributed by atoms with Crippen LogP contribution >= 0.6 is 11.6 Å². The molecule has 0 aliphatic carbocycles. The molecular formula is C20H23ClN2O. The van der Waals surface area contributed by atoms with Crippen LogP contribution in [-0.4, -0.2) is 5.91 Å². The molecule has 3 nitrogen and oxygen atoms in total. The van der Waals surface area contributed by atoms with E-state index in [0.29, 0.717) is 10.6 Å². The number of hydrazine groups is 1. The van der Waals surface area contributed by atoms with Crippen molar-refractivity contribution in [2.75, 3.05) is 0 Å². The van der Waals surface area contributed by atoms with E-state index < -0.39 is 5.54 Å². The van der Waals surface area contributed by atoms with Gasteiger partial charge in [0.15, 0.2) is 0 Å². The quantitative estimate of drug-likeness (QED) is 0.565. The lowest BCUT2D eigenvalue weighted by molar-refractivity contribution is 0.0883. The highest BCUT2D eigenvalue weighted by Gasteiger charge is 2.35. The van der Waals surface area contributed by atoms with Crippen LogP contribution in [0, 0.1) is 5.92 Å². The van der Waals surface area contributed by atoms with E-state index in [9.17, 15) is 4.79 Å². The van der Waals surface area contributed by atoms with E-state index in [4.69, 9.17) is 11.6 Å². The molecular weight excluding hydrogens is 320 g/mol. The summed E-state index contributed by atoms with van der Waals surface area (Å²) >= 11 is 6.02. The van der Waals surface area contributed by atoms with Gasteiger partial charge in [0.05, 0.1) is 5.54 Å². The summed E-state index contributed by atoms with van der Waals surface area (Å²) < 4.78 is 0. The Morgan fingerprint density at radius 3 is 2.38 bits per heavy atom. The maximum Gasteiger partial charge on any atom is 0.265 e. The lowest BCUT2D eigenvalue weighted by Gasteiger charge is -2.38. The monoisotopic (exact) mass is 342 g/mol. The van der Waals surface area contributed by atoms with E-state index in [0.717, 1.165) is 12.0 Å². The Kier molecular flexibility index (Phi) is 6.18. The molecule has 0 aromatic heterocycles. The number of carbonyl (C=O) groups excluding carboxylic acids is 1. The molecule has 0 spiro atoms. The van der Waals surface area contributed by atoms with Crippen molar-refractivity contribution in [2.45, 2.75) is 25.8 Å². The predicted molar refractivity (Wildman–Crippen MR) is 99.8 cm³/mol. The average molecular weight is 343 g/mol. The number of benzene rings is 2. The molecule has 0 aliphatic heterocycles. The van der Waals surface area contributed by atoms with Crippen molar-refractivity contribution in [1.82, 2.24) is 10.9 Å². The third-order valence-electron chi connectivity index (χ3n) is 4.48. The molecule has 1 amide bonds. The fourth-order valence-electron chi connectivity index (χ4n) is 2.84. The van der Waals surface area contributed by atoms with Gasteiger partial charge in [-0.2, -0.15) is 0 Å². The maximum absolute atomic E-state index is 12.4. The highest BCUT2D eigenvalue weighted by molar-refractivity contribution is 6.30. The second-order valence-electron chi connectivity index (χ2n) is 5.80. The molecule has 24 heavy (non-hydrogen) atoms. The minimum Gasteiger partial charge on any atom is -0.287 e. The van der Waals surface area contributed by atoms with Crippen LogP contribution in [0.4, 0.5) is 0 Å². The van der Waals surface area contributed by atoms with Gasteiger partial charge in [-0.05, 0) is 42.2 Å². The molecule has 0 heterocycles. The van der Waals surface area contributed by atoms with Gasteiger partial charge in [-0.3, -0.25) is 10.2 Å². The van der Waals surface area contributed by atoms with Crippen LogP contribution in [0.5, 0.6) is 0 Å². The summed E-state index contributed by atoms with van der Waals surface area (Å²) in [7, 11) is 0. The van der Waals surface area contributed by atoms with Gasteiger partial charge in [0.25, 0.3) is 5.91 Å². The number of hydrogen-bond donors (Lipinski definition) is 2. The van der Waals surface area contributed by atoms with Crippen LogP contribution in [0.15, 0.2) is 67.3 Å². The zero-order chi connectivity index (χ0) is 17.6. The fourth-order valence-corrected chi connectivity index (χ4v) is 2.97. The Hall–Kier alpha value is -2.10. The van der Waals surface area contributed by atoms with Crippen LogP contribution in [0.2, 0.25) is 5.02 Å². The summed E-state index contributed by atoms with van der Waals surface area (Å²) in [5.74, 6) is -0.0709. The first-order valence-electron chi connectivity index (χ1n) is 8.04. The molecule has 2 rings (SSSR count). The number of carbonyl (C=O) groups is 1. The maximum atomic E-state index is 12.4. The number of halogens is 1. The van der Waals surface area contributed by atoms with Gasteiger partial charge in [0, 0.05) is 10.6 Å². The van der Waals surface area contributed by atoms with Crippen molar-refractivity contribution in [3.05, 3.63) is 83.4 Å². The first-order valence-corrected chi connectivity index (χ1v) is 8.42. The third kappa shape index (κ3) is 3.86. The van der Waals surface area contributed by atoms with Crippen LogP contribution < -0.4 is 10.9 Å². The van der Waals surface area contributed by atoms with Crippen molar-refractivity contribution < 1.29 is 4.79 Å². The first kappa shape index (κ1) is 18.2. The van der Waals surface area contributed by atoms with Crippen LogP contribution in [0.25, 0.3) is 0 Å². The van der Waals surface area contributed by atoms with Gasteiger partial charge in [-0.1, -0.05) is 61.9 Å². The largest absolute Gasteiger partial charge is 0.287 e. The zero-order valence-electron chi connectivity index (χ0n) is 14.1. The van der Waals surface area contributed by atoms with Gasteiger partial charge in [-0.15, -0.1) is 6.58 Å². The molecule has 0 radical (unpaired) electrons. The van der Waals surface area contributed by atoms with Gasteiger partial charge in [0.2, 0.25) is 0 Å². The van der Waals surface area contributed by atoms with E-state index >= 15 is 0 Å². The second kappa shape index (κ2) is 8.13. The molecule has 2 aromatic rings. The molecule has 0 aliphatic rings. The van der Waals surface area contributed by atoms with Gasteiger partial charge in [0.1, 0.15) is 0 Å². The van der Waals surface area contributed by atoms with Crippen molar-refractivity contribution in [3.63, 3.8) is 0 Å². The van der Waals surface area contributed by atoms with Crippen molar-refractivity contribution >= 4 is 17.5 Å². The second-order valence-corrected chi connectivity index (χ2v) is 6.24. The summed E-state index contributed by atoms with van der Waals surface area (Å²) in [5, 5.41) is 0.684. The normalized spacial score (nSPS) is 14.5. The van der Waals surface area contributed by atoms with Gasteiger partial charge >= 0.3 is 0 Å². The van der Waals surface area contributed by atoms with Gasteiger partial charge < -0.3 is 0 Å².